The van der Waals surface area contributed by atoms with Gasteiger partial charge in [0.1, 0.15) is 0 Å². The number of carbonyl (C=O) groups is 1. The van der Waals surface area contributed by atoms with Gasteiger partial charge in [0.05, 0.1) is 32.3 Å². The molecule has 1 aliphatic rings. The molecule has 3 rings (SSSR count). The Kier molecular flexibility index (Phi) is 6.42. The maximum atomic E-state index is 12.6. The van der Waals surface area contributed by atoms with Crippen molar-refractivity contribution in [3.63, 3.8) is 0 Å². The van der Waals surface area contributed by atoms with Crippen LogP contribution in [0.1, 0.15) is 22.3 Å². The lowest BCUT2D eigenvalue weighted by Crippen LogP contribution is -2.47. The maximum Gasteiger partial charge on any atom is 0.227 e. The van der Waals surface area contributed by atoms with E-state index in [0.29, 0.717) is 39.3 Å². The molecule has 1 aliphatic heterocycles. The number of carbonyl (C=O) groups excluding carboxylic acids is 1. The first-order chi connectivity index (χ1) is 12.6. The molecule has 0 aromatic heterocycles. The fraction of sp³-hybridized carbons (Fsp3) is 0.409. The molecule has 0 spiro atoms. The van der Waals surface area contributed by atoms with Gasteiger partial charge in [-0.25, -0.2) is 0 Å². The van der Waals surface area contributed by atoms with E-state index < -0.39 is 0 Å². The van der Waals surface area contributed by atoms with Crippen molar-refractivity contribution in [1.82, 2.24) is 4.90 Å². The Morgan fingerprint density at radius 2 is 2.04 bits per heavy atom. The fourth-order valence-electron chi connectivity index (χ4n) is 3.24. The maximum absolute atomic E-state index is 12.6. The molecule has 0 radical (unpaired) electrons. The van der Waals surface area contributed by atoms with Crippen molar-refractivity contribution in [1.29, 1.82) is 0 Å². The van der Waals surface area contributed by atoms with Gasteiger partial charge in [-0.05, 0) is 30.5 Å². The Labute approximate surface area is 155 Å². The van der Waals surface area contributed by atoms with E-state index in [4.69, 9.17) is 9.47 Å². The van der Waals surface area contributed by atoms with Crippen molar-refractivity contribution in [2.24, 2.45) is 0 Å². The Morgan fingerprint density at radius 3 is 2.85 bits per heavy atom. The molecule has 0 saturated carbocycles. The van der Waals surface area contributed by atoms with Crippen LogP contribution in [0.5, 0.6) is 0 Å². The van der Waals surface area contributed by atoms with Gasteiger partial charge in [0.15, 0.2) is 0 Å². The molecule has 4 nitrogen and oxygen atoms in total. The summed E-state index contributed by atoms with van der Waals surface area (Å²) in [5.74, 6) is 0.159. The van der Waals surface area contributed by atoms with Gasteiger partial charge < -0.3 is 14.4 Å². The standard InChI is InChI=1S/C22H27NO3/c1-17-6-5-8-19(12-17)15-25-16-21-14-23(10-11-26-21)22(24)13-20-9-4-3-7-18(20)2/h3-9,12,21H,10-11,13-16H2,1-2H3. The van der Waals surface area contributed by atoms with E-state index in [2.05, 4.69) is 25.1 Å². The summed E-state index contributed by atoms with van der Waals surface area (Å²) < 4.78 is 11.6. The van der Waals surface area contributed by atoms with Gasteiger partial charge in [0.2, 0.25) is 5.91 Å². The molecule has 2 aromatic rings. The molecule has 1 amide bonds. The molecule has 1 fully saturated rings. The van der Waals surface area contributed by atoms with Crippen molar-refractivity contribution in [2.75, 3.05) is 26.3 Å². The SMILES string of the molecule is Cc1cccc(COCC2CN(C(=O)Cc3ccccc3C)CCO2)c1. The average Bonchev–Trinajstić information content (AvgIpc) is 2.64. The number of ether oxygens (including phenoxy) is 2. The molecule has 0 bridgehead atoms. The molecule has 1 unspecified atom stereocenters. The lowest BCUT2D eigenvalue weighted by atomic mass is 10.1. The Hall–Kier alpha value is -2.17. The van der Waals surface area contributed by atoms with Gasteiger partial charge in [-0.3, -0.25) is 4.79 Å². The minimum atomic E-state index is -0.0608. The second-order valence-corrected chi connectivity index (χ2v) is 6.94. The number of hydrogen-bond donors (Lipinski definition) is 0. The molecule has 0 aliphatic carbocycles. The molecule has 1 heterocycles. The number of morpholine rings is 1. The zero-order chi connectivity index (χ0) is 18.4. The highest BCUT2D eigenvalue weighted by Gasteiger charge is 2.24. The Bertz CT molecular complexity index is 744. The fourth-order valence-corrected chi connectivity index (χ4v) is 3.24. The zero-order valence-electron chi connectivity index (χ0n) is 15.6. The van der Waals surface area contributed by atoms with Gasteiger partial charge in [0.25, 0.3) is 0 Å². The van der Waals surface area contributed by atoms with E-state index in [1.165, 1.54) is 5.56 Å². The van der Waals surface area contributed by atoms with Gasteiger partial charge in [-0.2, -0.15) is 0 Å². The van der Waals surface area contributed by atoms with Gasteiger partial charge in [0, 0.05) is 13.1 Å². The highest BCUT2D eigenvalue weighted by molar-refractivity contribution is 5.79. The summed E-state index contributed by atoms with van der Waals surface area (Å²) in [4.78, 5) is 14.5. The van der Waals surface area contributed by atoms with E-state index in [9.17, 15) is 4.79 Å². The second-order valence-electron chi connectivity index (χ2n) is 6.94. The molecular weight excluding hydrogens is 326 g/mol. The quantitative estimate of drug-likeness (QED) is 0.800. The van der Waals surface area contributed by atoms with Gasteiger partial charge in [-0.1, -0.05) is 54.1 Å². The zero-order valence-corrected chi connectivity index (χ0v) is 15.6. The number of rotatable bonds is 6. The van der Waals surface area contributed by atoms with Gasteiger partial charge >= 0.3 is 0 Å². The van der Waals surface area contributed by atoms with Crippen LogP contribution in [0.4, 0.5) is 0 Å². The van der Waals surface area contributed by atoms with Crippen LogP contribution in [0, 0.1) is 13.8 Å². The third-order valence-electron chi connectivity index (χ3n) is 4.75. The third kappa shape index (κ3) is 5.16. The summed E-state index contributed by atoms with van der Waals surface area (Å²) in [6.45, 7) is 7.01. The number of nitrogens with zero attached hydrogens (tertiary/aromatic N) is 1. The summed E-state index contributed by atoms with van der Waals surface area (Å²) in [6.07, 6.45) is 0.387. The molecule has 0 N–H and O–H groups in total. The van der Waals surface area contributed by atoms with Crippen LogP contribution < -0.4 is 0 Å². The number of aryl methyl sites for hydroxylation is 2. The van der Waals surface area contributed by atoms with Crippen molar-refractivity contribution in [2.45, 2.75) is 33.0 Å². The molecule has 1 atom stereocenters. The molecule has 4 heteroatoms. The van der Waals surface area contributed by atoms with Crippen LogP contribution in [0.25, 0.3) is 0 Å². The Morgan fingerprint density at radius 1 is 1.19 bits per heavy atom. The van der Waals surface area contributed by atoms with Crippen LogP contribution in [-0.2, 0) is 27.3 Å². The first-order valence-corrected chi connectivity index (χ1v) is 9.19. The third-order valence-corrected chi connectivity index (χ3v) is 4.75. The summed E-state index contributed by atoms with van der Waals surface area (Å²) >= 11 is 0. The van der Waals surface area contributed by atoms with Crippen molar-refractivity contribution in [3.8, 4) is 0 Å². The van der Waals surface area contributed by atoms with Crippen molar-refractivity contribution < 1.29 is 14.3 Å². The average molecular weight is 353 g/mol. The van der Waals surface area contributed by atoms with Gasteiger partial charge in [-0.15, -0.1) is 0 Å². The highest BCUT2D eigenvalue weighted by atomic mass is 16.5. The minimum absolute atomic E-state index is 0.0608. The first-order valence-electron chi connectivity index (χ1n) is 9.19. The summed E-state index contributed by atoms with van der Waals surface area (Å²) in [5, 5.41) is 0. The van der Waals surface area contributed by atoms with Crippen LogP contribution in [0.15, 0.2) is 48.5 Å². The molecule has 1 saturated heterocycles. The molecule has 2 aromatic carbocycles. The summed E-state index contributed by atoms with van der Waals surface area (Å²) in [6, 6.07) is 16.4. The predicted octanol–water partition coefficient (Wildman–Crippen LogP) is 3.29. The first kappa shape index (κ1) is 18.6. The van der Waals surface area contributed by atoms with Crippen LogP contribution in [0.2, 0.25) is 0 Å². The highest BCUT2D eigenvalue weighted by Crippen LogP contribution is 2.13. The predicted molar refractivity (Wildman–Crippen MR) is 102 cm³/mol. The van der Waals surface area contributed by atoms with Crippen LogP contribution in [-0.4, -0.2) is 43.2 Å². The van der Waals surface area contributed by atoms with E-state index in [0.717, 1.165) is 16.7 Å². The summed E-state index contributed by atoms with van der Waals surface area (Å²) in [7, 11) is 0. The number of benzene rings is 2. The van der Waals surface area contributed by atoms with E-state index in [1.807, 2.05) is 42.2 Å². The van der Waals surface area contributed by atoms with Crippen LogP contribution in [0.3, 0.4) is 0 Å². The topological polar surface area (TPSA) is 38.8 Å². The van der Waals surface area contributed by atoms with E-state index in [1.54, 1.807) is 0 Å². The monoisotopic (exact) mass is 353 g/mol. The molecule has 26 heavy (non-hydrogen) atoms. The molecular formula is C22H27NO3. The van der Waals surface area contributed by atoms with Crippen molar-refractivity contribution in [3.05, 3.63) is 70.8 Å². The van der Waals surface area contributed by atoms with Crippen molar-refractivity contribution >= 4 is 5.91 Å². The lowest BCUT2D eigenvalue weighted by molar-refractivity contribution is -0.140. The minimum Gasteiger partial charge on any atom is -0.374 e. The largest absolute Gasteiger partial charge is 0.374 e. The van der Waals surface area contributed by atoms with Crippen LogP contribution >= 0.6 is 0 Å². The smallest absolute Gasteiger partial charge is 0.227 e. The normalized spacial score (nSPS) is 17.3. The summed E-state index contributed by atoms with van der Waals surface area (Å²) in [5.41, 5.74) is 4.64. The second kappa shape index (κ2) is 8.97. The molecule has 138 valence electrons. The Balaban J connectivity index is 1.47. The van der Waals surface area contributed by atoms with E-state index >= 15 is 0 Å². The van der Waals surface area contributed by atoms with E-state index in [-0.39, 0.29) is 12.0 Å². The number of hydrogen-bond acceptors (Lipinski definition) is 3. The lowest BCUT2D eigenvalue weighted by Gasteiger charge is -2.33. The number of amides is 1.